The average molecular weight is 292 g/mol. The van der Waals surface area contributed by atoms with E-state index in [0.717, 1.165) is 38.5 Å². The highest BCUT2D eigenvalue weighted by Crippen LogP contribution is 2.30. The summed E-state index contributed by atoms with van der Waals surface area (Å²) in [5.74, 6) is 0.961. The van der Waals surface area contributed by atoms with Gasteiger partial charge >= 0.3 is 0 Å². The molecule has 0 amide bonds. The molecular formula is C17H28N2O2. The Morgan fingerprint density at radius 2 is 2.14 bits per heavy atom. The van der Waals surface area contributed by atoms with Gasteiger partial charge in [-0.3, -0.25) is 4.90 Å². The third-order valence-electron chi connectivity index (χ3n) is 3.97. The van der Waals surface area contributed by atoms with Gasteiger partial charge < -0.3 is 14.8 Å². The normalized spacial score (nSPS) is 21.2. The number of hydrogen-bond donors (Lipinski definition) is 1. The monoisotopic (exact) mass is 292 g/mol. The number of rotatable bonds is 7. The molecule has 0 saturated carbocycles. The molecule has 0 radical (unpaired) electrons. The zero-order valence-electron chi connectivity index (χ0n) is 13.5. The Hall–Kier alpha value is -1.10. The maximum atomic E-state index is 6.05. The molecule has 118 valence electrons. The second-order valence-corrected chi connectivity index (χ2v) is 5.31. The van der Waals surface area contributed by atoms with E-state index in [1.807, 2.05) is 19.1 Å². The van der Waals surface area contributed by atoms with Crippen LogP contribution < -0.4 is 10.1 Å². The minimum Gasteiger partial charge on any atom is -0.494 e. The predicted molar refractivity (Wildman–Crippen MR) is 85.9 cm³/mol. The summed E-state index contributed by atoms with van der Waals surface area (Å²) in [6.45, 7) is 11.8. The molecule has 1 heterocycles. The van der Waals surface area contributed by atoms with Crippen molar-refractivity contribution in [2.75, 3.05) is 39.4 Å². The lowest BCUT2D eigenvalue weighted by atomic mass is 9.98. The molecule has 1 aromatic carbocycles. The van der Waals surface area contributed by atoms with E-state index in [0.29, 0.717) is 6.61 Å². The number of hydrogen-bond acceptors (Lipinski definition) is 4. The van der Waals surface area contributed by atoms with E-state index in [4.69, 9.17) is 9.47 Å². The van der Waals surface area contributed by atoms with Crippen LogP contribution in [0.1, 0.15) is 32.4 Å². The Morgan fingerprint density at radius 3 is 2.86 bits per heavy atom. The average Bonchev–Trinajstić information content (AvgIpc) is 2.54. The highest BCUT2D eigenvalue weighted by atomic mass is 16.5. The summed E-state index contributed by atoms with van der Waals surface area (Å²) in [5, 5.41) is 3.58. The fourth-order valence-electron chi connectivity index (χ4n) is 2.91. The van der Waals surface area contributed by atoms with Crippen molar-refractivity contribution >= 4 is 0 Å². The van der Waals surface area contributed by atoms with Crippen LogP contribution in [0.25, 0.3) is 0 Å². The first-order chi connectivity index (χ1) is 10.3. The van der Waals surface area contributed by atoms with Gasteiger partial charge in [-0.05, 0) is 26.1 Å². The van der Waals surface area contributed by atoms with Crippen molar-refractivity contribution in [1.29, 1.82) is 0 Å². The Labute approximate surface area is 128 Å². The summed E-state index contributed by atoms with van der Waals surface area (Å²) in [7, 11) is 0. The number of likely N-dealkylation sites (N-methyl/N-ethyl adjacent to an activating group) is 2. The standard InChI is InChI=1S/C17H28N2O2/c1-4-18-17(16-13-19(5-2)11-12-21-16)14-9-7-8-10-15(14)20-6-3/h7-10,16-18H,4-6,11-13H2,1-3H3. The molecule has 1 saturated heterocycles. The molecule has 1 N–H and O–H groups in total. The van der Waals surface area contributed by atoms with Crippen molar-refractivity contribution in [1.82, 2.24) is 10.2 Å². The third kappa shape index (κ3) is 4.19. The van der Waals surface area contributed by atoms with Gasteiger partial charge in [0.15, 0.2) is 0 Å². The number of para-hydroxylation sites is 1. The number of nitrogens with zero attached hydrogens (tertiary/aromatic N) is 1. The van der Waals surface area contributed by atoms with Crippen LogP contribution in [0.15, 0.2) is 24.3 Å². The number of benzene rings is 1. The minimum atomic E-state index is 0.167. The zero-order valence-corrected chi connectivity index (χ0v) is 13.5. The fraction of sp³-hybridized carbons (Fsp3) is 0.647. The number of nitrogens with one attached hydrogen (secondary N) is 1. The summed E-state index contributed by atoms with van der Waals surface area (Å²) < 4.78 is 11.9. The Morgan fingerprint density at radius 1 is 1.33 bits per heavy atom. The lowest BCUT2D eigenvalue weighted by Crippen LogP contribution is -2.48. The molecule has 2 unspecified atom stereocenters. The maximum absolute atomic E-state index is 6.05. The first-order valence-corrected chi connectivity index (χ1v) is 8.09. The Kier molecular flexibility index (Phi) is 6.49. The summed E-state index contributed by atoms with van der Waals surface area (Å²) in [6.07, 6.45) is 0.167. The zero-order chi connectivity index (χ0) is 15.1. The molecule has 1 aliphatic rings. The summed E-state index contributed by atoms with van der Waals surface area (Å²) in [6, 6.07) is 8.46. The fourth-order valence-corrected chi connectivity index (χ4v) is 2.91. The quantitative estimate of drug-likeness (QED) is 0.837. The van der Waals surface area contributed by atoms with Gasteiger partial charge in [-0.1, -0.05) is 32.0 Å². The van der Waals surface area contributed by atoms with E-state index in [1.54, 1.807) is 0 Å². The maximum Gasteiger partial charge on any atom is 0.124 e. The van der Waals surface area contributed by atoms with Crippen molar-refractivity contribution in [2.45, 2.75) is 32.9 Å². The summed E-state index contributed by atoms with van der Waals surface area (Å²) in [5.41, 5.74) is 1.20. The molecule has 1 aromatic rings. The summed E-state index contributed by atoms with van der Waals surface area (Å²) in [4.78, 5) is 2.45. The molecule has 21 heavy (non-hydrogen) atoms. The molecule has 4 nitrogen and oxygen atoms in total. The van der Waals surface area contributed by atoms with Gasteiger partial charge in [0.25, 0.3) is 0 Å². The number of ether oxygens (including phenoxy) is 2. The van der Waals surface area contributed by atoms with Crippen molar-refractivity contribution in [3.8, 4) is 5.75 Å². The van der Waals surface area contributed by atoms with Crippen molar-refractivity contribution in [3.05, 3.63) is 29.8 Å². The lowest BCUT2D eigenvalue weighted by Gasteiger charge is -2.37. The molecule has 0 bridgehead atoms. The van der Waals surface area contributed by atoms with Gasteiger partial charge in [-0.25, -0.2) is 0 Å². The molecule has 1 fully saturated rings. The topological polar surface area (TPSA) is 33.7 Å². The van der Waals surface area contributed by atoms with Crippen molar-refractivity contribution in [3.63, 3.8) is 0 Å². The van der Waals surface area contributed by atoms with E-state index in [1.165, 1.54) is 5.56 Å². The van der Waals surface area contributed by atoms with Gasteiger partial charge in [-0.15, -0.1) is 0 Å². The Balaban J connectivity index is 2.21. The van der Waals surface area contributed by atoms with Crippen LogP contribution in [0, 0.1) is 0 Å². The van der Waals surface area contributed by atoms with E-state index >= 15 is 0 Å². The molecule has 4 heteroatoms. The van der Waals surface area contributed by atoms with Gasteiger partial charge in [0, 0.05) is 18.7 Å². The smallest absolute Gasteiger partial charge is 0.124 e. The van der Waals surface area contributed by atoms with Crippen LogP contribution in [0.3, 0.4) is 0 Å². The van der Waals surface area contributed by atoms with Gasteiger partial charge in [0.2, 0.25) is 0 Å². The van der Waals surface area contributed by atoms with E-state index in [2.05, 4.69) is 36.2 Å². The van der Waals surface area contributed by atoms with Crippen LogP contribution in [-0.2, 0) is 4.74 Å². The molecule has 0 aromatic heterocycles. The van der Waals surface area contributed by atoms with Gasteiger partial charge in [-0.2, -0.15) is 0 Å². The summed E-state index contributed by atoms with van der Waals surface area (Å²) >= 11 is 0. The first kappa shape index (κ1) is 16.3. The molecule has 1 aliphatic heterocycles. The minimum absolute atomic E-state index is 0.167. The SMILES string of the molecule is CCNC(c1ccccc1OCC)C1CN(CC)CCO1. The largest absolute Gasteiger partial charge is 0.494 e. The van der Waals surface area contributed by atoms with E-state index < -0.39 is 0 Å². The Bertz CT molecular complexity index is 425. The van der Waals surface area contributed by atoms with Crippen molar-refractivity contribution in [2.24, 2.45) is 0 Å². The molecule has 2 atom stereocenters. The number of morpholine rings is 1. The highest BCUT2D eigenvalue weighted by molar-refractivity contribution is 5.36. The molecule has 2 rings (SSSR count). The van der Waals surface area contributed by atoms with Crippen LogP contribution in [0.2, 0.25) is 0 Å². The van der Waals surface area contributed by atoms with Crippen LogP contribution >= 0.6 is 0 Å². The van der Waals surface area contributed by atoms with Gasteiger partial charge in [0.1, 0.15) is 5.75 Å². The molecular weight excluding hydrogens is 264 g/mol. The first-order valence-electron chi connectivity index (χ1n) is 8.09. The molecule has 0 spiro atoms. The lowest BCUT2D eigenvalue weighted by molar-refractivity contribution is -0.0457. The van der Waals surface area contributed by atoms with Crippen LogP contribution in [-0.4, -0.2) is 50.4 Å². The highest BCUT2D eigenvalue weighted by Gasteiger charge is 2.30. The second-order valence-electron chi connectivity index (χ2n) is 5.31. The van der Waals surface area contributed by atoms with Gasteiger partial charge in [0.05, 0.1) is 25.4 Å². The van der Waals surface area contributed by atoms with Crippen LogP contribution in [0.4, 0.5) is 0 Å². The molecule has 0 aliphatic carbocycles. The van der Waals surface area contributed by atoms with E-state index in [9.17, 15) is 0 Å². The second kappa shape index (κ2) is 8.37. The van der Waals surface area contributed by atoms with E-state index in [-0.39, 0.29) is 12.1 Å². The van der Waals surface area contributed by atoms with Crippen LogP contribution in [0.5, 0.6) is 5.75 Å². The van der Waals surface area contributed by atoms with Crippen molar-refractivity contribution < 1.29 is 9.47 Å². The predicted octanol–water partition coefficient (Wildman–Crippen LogP) is 2.46. The third-order valence-corrected chi connectivity index (χ3v) is 3.97.